The number of hydrogen-bond acceptors (Lipinski definition) is 3. The first-order valence-corrected chi connectivity index (χ1v) is 10.3. The number of aromatic nitrogens is 1. The molecule has 0 saturated heterocycles. The second-order valence-electron chi connectivity index (χ2n) is 6.95. The maximum atomic E-state index is 12.2. The van der Waals surface area contributed by atoms with Gasteiger partial charge in [-0.05, 0) is 67.3 Å². The van der Waals surface area contributed by atoms with Gasteiger partial charge in [-0.2, -0.15) is 0 Å². The number of nitrogens with one attached hydrogen (secondary N) is 1. The predicted molar refractivity (Wildman–Crippen MR) is 118 cm³/mol. The number of benzene rings is 3. The number of carbonyl (C=O) groups excluding carboxylic acids is 1. The maximum Gasteiger partial charge on any atom is 0.224 e. The van der Waals surface area contributed by atoms with Gasteiger partial charge in [0.2, 0.25) is 5.91 Å². The predicted octanol–water partition coefficient (Wildman–Crippen LogP) is 6.23. The molecule has 1 N–H and O–H groups in total. The molecule has 0 bridgehead atoms. The smallest absolute Gasteiger partial charge is 0.224 e. The van der Waals surface area contributed by atoms with E-state index in [-0.39, 0.29) is 5.91 Å². The highest BCUT2D eigenvalue weighted by Gasteiger charge is 2.08. The molecular formula is C24H22N2OS. The SMILES string of the molecule is Cc1ccc2sc(-c3ccc(NC(=O)CCCc4ccccc4)cc3)nc2c1. The number of nitrogens with zero attached hydrogens (tertiary/aromatic N) is 1. The van der Waals surface area contributed by atoms with Crippen molar-refractivity contribution in [2.75, 3.05) is 5.32 Å². The van der Waals surface area contributed by atoms with Gasteiger partial charge in [-0.25, -0.2) is 4.98 Å². The van der Waals surface area contributed by atoms with Crippen molar-refractivity contribution in [3.8, 4) is 10.6 Å². The van der Waals surface area contributed by atoms with Crippen molar-refractivity contribution in [2.24, 2.45) is 0 Å². The molecule has 0 aliphatic carbocycles. The first kappa shape index (κ1) is 18.4. The molecule has 4 rings (SSSR count). The van der Waals surface area contributed by atoms with Crippen LogP contribution in [0.15, 0.2) is 72.8 Å². The molecule has 0 radical (unpaired) electrons. The van der Waals surface area contributed by atoms with Gasteiger partial charge in [-0.3, -0.25) is 4.79 Å². The van der Waals surface area contributed by atoms with E-state index in [2.05, 4.69) is 42.6 Å². The maximum absolute atomic E-state index is 12.2. The third-order valence-electron chi connectivity index (χ3n) is 4.67. The second kappa shape index (κ2) is 8.36. The Morgan fingerprint density at radius 3 is 2.57 bits per heavy atom. The summed E-state index contributed by atoms with van der Waals surface area (Å²) in [7, 11) is 0. The van der Waals surface area contributed by atoms with E-state index in [1.54, 1.807) is 11.3 Å². The lowest BCUT2D eigenvalue weighted by Gasteiger charge is -2.06. The minimum absolute atomic E-state index is 0.0548. The van der Waals surface area contributed by atoms with Crippen molar-refractivity contribution >= 4 is 33.1 Å². The molecule has 3 nitrogen and oxygen atoms in total. The fourth-order valence-corrected chi connectivity index (χ4v) is 4.13. The first-order valence-electron chi connectivity index (χ1n) is 9.49. The van der Waals surface area contributed by atoms with Crippen LogP contribution in [0, 0.1) is 6.92 Å². The molecule has 0 atom stereocenters. The van der Waals surface area contributed by atoms with Gasteiger partial charge in [0.15, 0.2) is 0 Å². The Bertz CT molecular complexity index is 1080. The molecule has 140 valence electrons. The molecule has 3 aromatic carbocycles. The summed E-state index contributed by atoms with van der Waals surface area (Å²) in [6.45, 7) is 2.08. The Morgan fingerprint density at radius 1 is 1.00 bits per heavy atom. The molecule has 1 aromatic heterocycles. The number of hydrogen-bond donors (Lipinski definition) is 1. The van der Waals surface area contributed by atoms with Crippen LogP contribution in [0.5, 0.6) is 0 Å². The zero-order valence-electron chi connectivity index (χ0n) is 15.8. The molecule has 0 unspecified atom stereocenters. The molecule has 0 aliphatic heterocycles. The zero-order valence-corrected chi connectivity index (χ0v) is 16.6. The first-order chi connectivity index (χ1) is 13.7. The Balaban J connectivity index is 1.35. The molecule has 0 spiro atoms. The Morgan fingerprint density at radius 2 is 1.79 bits per heavy atom. The summed E-state index contributed by atoms with van der Waals surface area (Å²) in [5.74, 6) is 0.0548. The number of rotatable bonds is 6. The van der Waals surface area contributed by atoms with E-state index >= 15 is 0 Å². The average Bonchev–Trinajstić information content (AvgIpc) is 3.12. The number of aryl methyl sites for hydroxylation is 2. The lowest BCUT2D eigenvalue weighted by atomic mass is 10.1. The monoisotopic (exact) mass is 386 g/mol. The lowest BCUT2D eigenvalue weighted by Crippen LogP contribution is -2.11. The summed E-state index contributed by atoms with van der Waals surface area (Å²) in [6, 6.07) is 24.5. The van der Waals surface area contributed by atoms with Crippen LogP contribution >= 0.6 is 11.3 Å². The molecule has 0 fully saturated rings. The molecule has 0 aliphatic rings. The van der Waals surface area contributed by atoms with E-state index in [0.717, 1.165) is 34.6 Å². The van der Waals surface area contributed by atoms with Crippen LogP contribution in [-0.2, 0) is 11.2 Å². The van der Waals surface area contributed by atoms with Crippen molar-refractivity contribution in [1.29, 1.82) is 0 Å². The van der Waals surface area contributed by atoms with Crippen molar-refractivity contribution < 1.29 is 4.79 Å². The largest absolute Gasteiger partial charge is 0.326 e. The van der Waals surface area contributed by atoms with Crippen LogP contribution in [0.1, 0.15) is 24.0 Å². The number of thiazole rings is 1. The summed E-state index contributed by atoms with van der Waals surface area (Å²) < 4.78 is 1.19. The number of fused-ring (bicyclic) bond motifs is 1. The van der Waals surface area contributed by atoms with Gasteiger partial charge >= 0.3 is 0 Å². The van der Waals surface area contributed by atoms with Gasteiger partial charge < -0.3 is 5.32 Å². The van der Waals surface area contributed by atoms with Crippen LogP contribution in [0.2, 0.25) is 0 Å². The van der Waals surface area contributed by atoms with E-state index in [0.29, 0.717) is 6.42 Å². The average molecular weight is 387 g/mol. The van der Waals surface area contributed by atoms with E-state index in [1.807, 2.05) is 42.5 Å². The van der Waals surface area contributed by atoms with Crippen LogP contribution in [0.3, 0.4) is 0 Å². The molecule has 1 heterocycles. The zero-order chi connectivity index (χ0) is 19.3. The summed E-state index contributed by atoms with van der Waals surface area (Å²) in [6.07, 6.45) is 2.29. The summed E-state index contributed by atoms with van der Waals surface area (Å²) in [5, 5.41) is 3.99. The lowest BCUT2D eigenvalue weighted by molar-refractivity contribution is -0.116. The Labute approximate surface area is 169 Å². The quantitative estimate of drug-likeness (QED) is 0.426. The highest BCUT2D eigenvalue weighted by Crippen LogP contribution is 2.31. The minimum Gasteiger partial charge on any atom is -0.326 e. The van der Waals surface area contributed by atoms with Crippen molar-refractivity contribution in [3.05, 3.63) is 83.9 Å². The molecule has 1 amide bonds. The van der Waals surface area contributed by atoms with Crippen molar-refractivity contribution in [2.45, 2.75) is 26.2 Å². The van der Waals surface area contributed by atoms with E-state index in [4.69, 9.17) is 4.98 Å². The number of anilines is 1. The normalized spacial score (nSPS) is 10.9. The summed E-state index contributed by atoms with van der Waals surface area (Å²) >= 11 is 1.69. The standard InChI is InChI=1S/C24H22N2OS/c1-17-10-15-22-21(16-17)26-24(28-22)19-11-13-20(14-12-19)25-23(27)9-5-8-18-6-3-2-4-7-18/h2-4,6-7,10-16H,5,8-9H2,1H3,(H,25,27). The van der Waals surface area contributed by atoms with Crippen LogP contribution in [0.25, 0.3) is 20.8 Å². The summed E-state index contributed by atoms with van der Waals surface area (Å²) in [5.41, 5.74) is 5.42. The van der Waals surface area contributed by atoms with Gasteiger partial charge in [0.25, 0.3) is 0 Å². The fraction of sp³-hybridized carbons (Fsp3) is 0.167. The second-order valence-corrected chi connectivity index (χ2v) is 7.99. The Kier molecular flexibility index (Phi) is 5.49. The van der Waals surface area contributed by atoms with Gasteiger partial charge in [0.1, 0.15) is 5.01 Å². The number of carbonyl (C=O) groups is 1. The molecule has 28 heavy (non-hydrogen) atoms. The van der Waals surface area contributed by atoms with Gasteiger partial charge in [0.05, 0.1) is 10.2 Å². The van der Waals surface area contributed by atoms with Gasteiger partial charge in [-0.15, -0.1) is 11.3 Å². The van der Waals surface area contributed by atoms with Crippen molar-refractivity contribution in [1.82, 2.24) is 4.98 Å². The number of amides is 1. The van der Waals surface area contributed by atoms with Crippen LogP contribution in [0.4, 0.5) is 5.69 Å². The van der Waals surface area contributed by atoms with E-state index in [1.165, 1.54) is 15.8 Å². The van der Waals surface area contributed by atoms with E-state index in [9.17, 15) is 4.79 Å². The van der Waals surface area contributed by atoms with Gasteiger partial charge in [-0.1, -0.05) is 36.4 Å². The minimum atomic E-state index is 0.0548. The Hall–Kier alpha value is -2.98. The highest BCUT2D eigenvalue weighted by molar-refractivity contribution is 7.21. The molecule has 0 saturated carbocycles. The highest BCUT2D eigenvalue weighted by atomic mass is 32.1. The van der Waals surface area contributed by atoms with Crippen LogP contribution < -0.4 is 5.32 Å². The third kappa shape index (κ3) is 4.46. The topological polar surface area (TPSA) is 42.0 Å². The molecule has 4 aromatic rings. The van der Waals surface area contributed by atoms with Gasteiger partial charge in [0, 0.05) is 17.7 Å². The third-order valence-corrected chi connectivity index (χ3v) is 5.76. The van der Waals surface area contributed by atoms with Crippen LogP contribution in [-0.4, -0.2) is 10.9 Å². The molecular weight excluding hydrogens is 364 g/mol. The fourth-order valence-electron chi connectivity index (χ4n) is 3.18. The molecule has 4 heteroatoms. The van der Waals surface area contributed by atoms with E-state index < -0.39 is 0 Å². The van der Waals surface area contributed by atoms with Crippen molar-refractivity contribution in [3.63, 3.8) is 0 Å². The summed E-state index contributed by atoms with van der Waals surface area (Å²) in [4.78, 5) is 16.9.